The maximum atomic E-state index is 14.3. The highest BCUT2D eigenvalue weighted by atomic mass is 35.5. The summed E-state index contributed by atoms with van der Waals surface area (Å²) in [7, 11) is 0. The van der Waals surface area contributed by atoms with E-state index in [4.69, 9.17) is 16.3 Å². The number of ether oxygens (including phenoxy) is 2. The van der Waals surface area contributed by atoms with Crippen molar-refractivity contribution in [2.75, 3.05) is 6.61 Å². The molecule has 29 heavy (non-hydrogen) atoms. The van der Waals surface area contributed by atoms with Crippen LogP contribution in [0.3, 0.4) is 0 Å². The molecule has 2 atom stereocenters. The van der Waals surface area contributed by atoms with Gasteiger partial charge in [-0.05, 0) is 36.8 Å². The zero-order chi connectivity index (χ0) is 21.2. The molecule has 0 aromatic heterocycles. The summed E-state index contributed by atoms with van der Waals surface area (Å²) >= 11 is 6.33. The Bertz CT molecular complexity index is 873. The molecule has 2 aromatic rings. The van der Waals surface area contributed by atoms with Crippen LogP contribution in [0, 0.1) is 0 Å². The molecule has 9 heteroatoms. The predicted molar refractivity (Wildman–Crippen MR) is 98.6 cm³/mol. The molecule has 1 saturated heterocycles. The van der Waals surface area contributed by atoms with Gasteiger partial charge in [-0.15, -0.1) is 13.2 Å². The largest absolute Gasteiger partial charge is 0.573 e. The highest BCUT2D eigenvalue weighted by molar-refractivity contribution is 6.31. The molecule has 3 rings (SSSR count). The molecular formula is C20H18ClF4NO3. The van der Waals surface area contributed by atoms with Crippen molar-refractivity contribution >= 4 is 17.5 Å². The number of likely N-dealkylation sites (tertiary alicyclic amines) is 1. The third-order valence-electron chi connectivity index (χ3n) is 4.51. The van der Waals surface area contributed by atoms with E-state index < -0.39 is 24.5 Å². The fourth-order valence-electron chi connectivity index (χ4n) is 3.33. The summed E-state index contributed by atoms with van der Waals surface area (Å²) < 4.78 is 60.6. The van der Waals surface area contributed by atoms with E-state index >= 15 is 0 Å². The molecule has 1 amide bonds. The van der Waals surface area contributed by atoms with E-state index in [2.05, 4.69) is 4.74 Å². The SMILES string of the molecule is CCOc1cccc(Cl)c1[C@H]1C[C@H](F)C(=O)N1Cc1ccc(OC(F)(F)F)cc1. The van der Waals surface area contributed by atoms with Crippen molar-refractivity contribution in [3.63, 3.8) is 0 Å². The first-order chi connectivity index (χ1) is 13.7. The monoisotopic (exact) mass is 431 g/mol. The molecule has 0 spiro atoms. The van der Waals surface area contributed by atoms with Gasteiger partial charge < -0.3 is 14.4 Å². The summed E-state index contributed by atoms with van der Waals surface area (Å²) in [4.78, 5) is 13.7. The van der Waals surface area contributed by atoms with Gasteiger partial charge in [0.25, 0.3) is 5.91 Å². The summed E-state index contributed by atoms with van der Waals surface area (Å²) in [6.45, 7) is 2.17. The Morgan fingerprint density at radius 2 is 1.86 bits per heavy atom. The Labute approximate surface area is 170 Å². The highest BCUT2D eigenvalue weighted by Crippen LogP contribution is 2.43. The van der Waals surface area contributed by atoms with Crippen molar-refractivity contribution < 1.29 is 31.8 Å². The van der Waals surface area contributed by atoms with Crippen LogP contribution in [0.1, 0.15) is 30.5 Å². The van der Waals surface area contributed by atoms with Crippen molar-refractivity contribution in [2.24, 2.45) is 0 Å². The maximum Gasteiger partial charge on any atom is 0.573 e. The summed E-state index contributed by atoms with van der Waals surface area (Å²) in [5, 5.41) is 0.349. The maximum absolute atomic E-state index is 14.3. The lowest BCUT2D eigenvalue weighted by molar-refractivity contribution is -0.274. The van der Waals surface area contributed by atoms with Gasteiger partial charge >= 0.3 is 6.36 Å². The summed E-state index contributed by atoms with van der Waals surface area (Å²) in [5.74, 6) is -0.613. The highest BCUT2D eigenvalue weighted by Gasteiger charge is 2.42. The molecule has 0 unspecified atom stereocenters. The van der Waals surface area contributed by atoms with Crippen molar-refractivity contribution in [1.29, 1.82) is 0 Å². The normalized spacial score (nSPS) is 19.5. The Morgan fingerprint density at radius 3 is 2.48 bits per heavy atom. The van der Waals surface area contributed by atoms with Crippen LogP contribution in [0.15, 0.2) is 42.5 Å². The second-order valence-corrected chi connectivity index (χ2v) is 6.87. The number of alkyl halides is 4. The first-order valence-corrected chi connectivity index (χ1v) is 9.28. The van der Waals surface area contributed by atoms with Gasteiger partial charge in [-0.1, -0.05) is 29.8 Å². The molecule has 0 aliphatic carbocycles. The molecule has 1 fully saturated rings. The van der Waals surface area contributed by atoms with Gasteiger partial charge in [0.1, 0.15) is 11.5 Å². The summed E-state index contributed by atoms with van der Waals surface area (Å²) in [6, 6.07) is 9.46. The number of hydrogen-bond acceptors (Lipinski definition) is 3. The standard InChI is InChI=1S/C20H18ClF4NO3/c1-2-28-17-5-3-4-14(21)18(17)16-10-15(22)19(27)26(16)11-12-6-8-13(9-7-12)29-20(23,24)25/h3-9,15-16H,2,10-11H2,1H3/t15-,16+/m0/s1. The zero-order valence-corrected chi connectivity index (χ0v) is 16.1. The van der Waals surface area contributed by atoms with E-state index in [1.807, 2.05) is 0 Å². The van der Waals surface area contributed by atoms with E-state index in [0.717, 1.165) is 12.1 Å². The van der Waals surface area contributed by atoms with Crippen LogP contribution in [-0.2, 0) is 11.3 Å². The molecule has 4 nitrogen and oxygen atoms in total. The minimum absolute atomic E-state index is 0.00695. The minimum Gasteiger partial charge on any atom is -0.493 e. The minimum atomic E-state index is -4.79. The smallest absolute Gasteiger partial charge is 0.493 e. The van der Waals surface area contributed by atoms with Crippen molar-refractivity contribution in [2.45, 2.75) is 38.5 Å². The Kier molecular flexibility index (Phi) is 6.21. The van der Waals surface area contributed by atoms with Crippen molar-refractivity contribution in [3.8, 4) is 11.5 Å². The summed E-state index contributed by atoms with van der Waals surface area (Å²) in [6.07, 6.45) is -6.57. The third kappa shape index (κ3) is 4.93. The van der Waals surface area contributed by atoms with Crippen LogP contribution in [0.4, 0.5) is 17.6 Å². The fraction of sp³-hybridized carbons (Fsp3) is 0.350. The Morgan fingerprint density at radius 1 is 1.17 bits per heavy atom. The molecule has 0 radical (unpaired) electrons. The average molecular weight is 432 g/mol. The number of benzene rings is 2. The van der Waals surface area contributed by atoms with Gasteiger partial charge in [0.2, 0.25) is 0 Å². The van der Waals surface area contributed by atoms with Gasteiger partial charge in [-0.3, -0.25) is 4.79 Å². The number of carbonyl (C=O) groups is 1. The van der Waals surface area contributed by atoms with Gasteiger partial charge in [-0.25, -0.2) is 4.39 Å². The van der Waals surface area contributed by atoms with Crippen LogP contribution in [0.5, 0.6) is 11.5 Å². The van der Waals surface area contributed by atoms with Gasteiger partial charge in [-0.2, -0.15) is 0 Å². The van der Waals surface area contributed by atoms with E-state index in [-0.39, 0.29) is 18.7 Å². The van der Waals surface area contributed by atoms with Crippen LogP contribution in [-0.4, -0.2) is 29.9 Å². The first kappa shape index (κ1) is 21.2. The molecule has 1 heterocycles. The van der Waals surface area contributed by atoms with Gasteiger partial charge in [0, 0.05) is 23.6 Å². The second-order valence-electron chi connectivity index (χ2n) is 6.46. The number of halogens is 5. The van der Waals surface area contributed by atoms with Crippen LogP contribution in [0.2, 0.25) is 5.02 Å². The lowest BCUT2D eigenvalue weighted by Crippen LogP contribution is -2.30. The Hall–Kier alpha value is -2.48. The lowest BCUT2D eigenvalue weighted by Gasteiger charge is -2.27. The van der Waals surface area contributed by atoms with E-state index in [9.17, 15) is 22.4 Å². The second kappa shape index (κ2) is 8.49. The Balaban J connectivity index is 1.87. The van der Waals surface area contributed by atoms with E-state index in [1.54, 1.807) is 25.1 Å². The predicted octanol–water partition coefficient (Wildman–Crippen LogP) is 5.45. The number of rotatable bonds is 6. The van der Waals surface area contributed by atoms with Crippen LogP contribution < -0.4 is 9.47 Å². The number of nitrogens with zero attached hydrogens (tertiary/aromatic N) is 1. The quantitative estimate of drug-likeness (QED) is 0.571. The van der Waals surface area contributed by atoms with E-state index in [0.29, 0.717) is 28.5 Å². The molecule has 0 N–H and O–H groups in total. The van der Waals surface area contributed by atoms with Crippen LogP contribution >= 0.6 is 11.6 Å². The van der Waals surface area contributed by atoms with Crippen LogP contribution in [0.25, 0.3) is 0 Å². The van der Waals surface area contributed by atoms with Crippen molar-refractivity contribution in [3.05, 3.63) is 58.6 Å². The van der Waals surface area contributed by atoms with Crippen molar-refractivity contribution in [1.82, 2.24) is 4.90 Å². The first-order valence-electron chi connectivity index (χ1n) is 8.90. The number of carbonyl (C=O) groups excluding carboxylic acids is 1. The molecular weight excluding hydrogens is 414 g/mol. The zero-order valence-electron chi connectivity index (χ0n) is 15.4. The van der Waals surface area contributed by atoms with Gasteiger partial charge in [0.15, 0.2) is 6.17 Å². The molecule has 2 aromatic carbocycles. The third-order valence-corrected chi connectivity index (χ3v) is 4.84. The molecule has 0 bridgehead atoms. The molecule has 1 aliphatic heterocycles. The molecule has 0 saturated carbocycles. The topological polar surface area (TPSA) is 38.8 Å². The average Bonchev–Trinajstić information content (AvgIpc) is 2.91. The molecule has 156 valence electrons. The number of amides is 1. The lowest BCUT2D eigenvalue weighted by atomic mass is 10.0. The van der Waals surface area contributed by atoms with E-state index in [1.165, 1.54) is 17.0 Å². The van der Waals surface area contributed by atoms with Gasteiger partial charge in [0.05, 0.1) is 12.6 Å². The number of hydrogen-bond donors (Lipinski definition) is 0. The fourth-order valence-corrected chi connectivity index (χ4v) is 3.63. The molecule has 1 aliphatic rings. The summed E-state index contributed by atoms with van der Waals surface area (Å²) in [5.41, 5.74) is 1.04.